The lowest BCUT2D eigenvalue weighted by Gasteiger charge is -2.20. The summed E-state index contributed by atoms with van der Waals surface area (Å²) in [6.45, 7) is 1.94. The molecule has 0 aromatic heterocycles. The average molecular weight is 187 g/mol. The van der Waals surface area contributed by atoms with Gasteiger partial charge in [0.2, 0.25) is 0 Å². The molecule has 0 aliphatic heterocycles. The fourth-order valence-corrected chi connectivity index (χ4v) is 1.39. The quantitative estimate of drug-likeness (QED) is 0.556. The van der Waals surface area contributed by atoms with Gasteiger partial charge in [-0.25, -0.2) is 0 Å². The lowest BCUT2D eigenvalue weighted by Crippen LogP contribution is -2.46. The molecule has 2 atom stereocenters. The van der Waals surface area contributed by atoms with Gasteiger partial charge in [-0.15, -0.1) is 0 Å². The number of carboxylic acid groups (broad SMARTS) is 1. The first kappa shape index (κ1) is 10.5. The van der Waals surface area contributed by atoms with Crippen LogP contribution in [0.2, 0.25) is 0 Å². The fourth-order valence-electron chi connectivity index (χ4n) is 1.39. The zero-order valence-corrected chi connectivity index (χ0v) is 7.86. The van der Waals surface area contributed by atoms with Crippen molar-refractivity contribution >= 4 is 5.97 Å². The number of aliphatic hydroxyl groups is 1. The van der Waals surface area contributed by atoms with Crippen LogP contribution in [0.1, 0.15) is 26.2 Å². The molecule has 76 valence electrons. The van der Waals surface area contributed by atoms with E-state index in [1.54, 1.807) is 0 Å². The minimum absolute atomic E-state index is 0.00694. The molecule has 1 fully saturated rings. The normalized spacial score (nSPS) is 21.1. The first-order chi connectivity index (χ1) is 6.19. The van der Waals surface area contributed by atoms with Crippen LogP contribution in [0, 0.1) is 5.92 Å². The van der Waals surface area contributed by atoms with E-state index in [0.717, 1.165) is 19.3 Å². The van der Waals surface area contributed by atoms with Crippen molar-refractivity contribution in [2.75, 3.05) is 6.61 Å². The van der Waals surface area contributed by atoms with E-state index in [0.29, 0.717) is 0 Å². The summed E-state index contributed by atoms with van der Waals surface area (Å²) < 4.78 is 0. The molecule has 0 spiro atoms. The molecule has 0 radical (unpaired) electrons. The van der Waals surface area contributed by atoms with Gasteiger partial charge in [0.05, 0.1) is 6.61 Å². The molecule has 1 saturated carbocycles. The fraction of sp³-hybridized carbons (Fsp3) is 0.889. The highest BCUT2D eigenvalue weighted by atomic mass is 16.4. The third kappa shape index (κ3) is 2.97. The predicted molar refractivity (Wildman–Crippen MR) is 48.4 cm³/mol. The molecule has 2 unspecified atom stereocenters. The first-order valence-corrected chi connectivity index (χ1v) is 4.78. The Morgan fingerprint density at radius 2 is 2.23 bits per heavy atom. The summed E-state index contributed by atoms with van der Waals surface area (Å²) in [7, 11) is 0. The highest BCUT2D eigenvalue weighted by Crippen LogP contribution is 2.32. The van der Waals surface area contributed by atoms with Crippen molar-refractivity contribution < 1.29 is 15.0 Å². The van der Waals surface area contributed by atoms with Gasteiger partial charge in [0.25, 0.3) is 0 Å². The number of hydrogen-bond acceptors (Lipinski definition) is 3. The largest absolute Gasteiger partial charge is 0.480 e. The number of hydrogen-bond donors (Lipinski definition) is 3. The summed E-state index contributed by atoms with van der Waals surface area (Å²) in [6.07, 6.45) is 2.74. The van der Waals surface area contributed by atoms with E-state index in [9.17, 15) is 4.79 Å². The molecule has 0 saturated heterocycles. The predicted octanol–water partition coefficient (Wildman–Crippen LogP) is 0.210. The number of nitrogens with one attached hydrogen (secondary N) is 1. The maximum atomic E-state index is 10.8. The molecule has 13 heavy (non-hydrogen) atoms. The smallest absolute Gasteiger partial charge is 0.320 e. The van der Waals surface area contributed by atoms with Gasteiger partial charge in [0, 0.05) is 6.04 Å². The van der Waals surface area contributed by atoms with Gasteiger partial charge in [-0.2, -0.15) is 0 Å². The van der Waals surface area contributed by atoms with Crippen molar-refractivity contribution in [1.29, 1.82) is 0 Å². The molecule has 0 aromatic rings. The third-order valence-electron chi connectivity index (χ3n) is 2.49. The number of aliphatic hydroxyl groups excluding tert-OH is 1. The van der Waals surface area contributed by atoms with E-state index >= 15 is 0 Å². The van der Waals surface area contributed by atoms with Gasteiger partial charge in [-0.05, 0) is 25.2 Å². The first-order valence-electron chi connectivity index (χ1n) is 4.78. The zero-order valence-electron chi connectivity index (χ0n) is 7.86. The van der Waals surface area contributed by atoms with Gasteiger partial charge in [-0.3, -0.25) is 10.1 Å². The van der Waals surface area contributed by atoms with Crippen molar-refractivity contribution in [2.24, 2.45) is 5.92 Å². The van der Waals surface area contributed by atoms with Crippen LogP contribution in [-0.4, -0.2) is 34.9 Å². The molecule has 0 aromatic carbocycles. The minimum atomic E-state index is -0.797. The van der Waals surface area contributed by atoms with Gasteiger partial charge in [0.1, 0.15) is 6.04 Å². The minimum Gasteiger partial charge on any atom is -0.480 e. The van der Waals surface area contributed by atoms with Gasteiger partial charge in [0.15, 0.2) is 0 Å². The van der Waals surface area contributed by atoms with Crippen LogP contribution < -0.4 is 5.32 Å². The summed E-state index contributed by atoms with van der Waals surface area (Å²) in [6, 6.07) is -0.543. The van der Waals surface area contributed by atoms with E-state index < -0.39 is 12.0 Å². The Labute approximate surface area is 78.0 Å². The van der Waals surface area contributed by atoms with E-state index in [2.05, 4.69) is 5.32 Å². The van der Waals surface area contributed by atoms with Crippen LogP contribution in [0.25, 0.3) is 0 Å². The van der Waals surface area contributed by atoms with Crippen LogP contribution in [0.5, 0.6) is 0 Å². The van der Waals surface area contributed by atoms with E-state index in [4.69, 9.17) is 10.2 Å². The van der Waals surface area contributed by atoms with Crippen LogP contribution in [0.4, 0.5) is 0 Å². The lowest BCUT2D eigenvalue weighted by molar-refractivity contribution is -0.140. The van der Waals surface area contributed by atoms with Crippen molar-refractivity contribution in [2.45, 2.75) is 38.3 Å². The second-order valence-corrected chi connectivity index (χ2v) is 3.61. The topological polar surface area (TPSA) is 69.6 Å². The molecule has 3 N–H and O–H groups in total. The van der Waals surface area contributed by atoms with Crippen molar-refractivity contribution in [1.82, 2.24) is 5.32 Å². The molecule has 1 rings (SSSR count). The lowest BCUT2D eigenvalue weighted by atomic mass is 10.1. The van der Waals surface area contributed by atoms with Gasteiger partial charge < -0.3 is 10.2 Å². The zero-order chi connectivity index (χ0) is 9.84. The van der Waals surface area contributed by atoms with Crippen LogP contribution in [0.3, 0.4) is 0 Å². The van der Waals surface area contributed by atoms with E-state index in [-0.39, 0.29) is 18.6 Å². The van der Waals surface area contributed by atoms with Crippen LogP contribution in [0.15, 0.2) is 0 Å². The Kier molecular flexibility index (Phi) is 3.69. The summed E-state index contributed by atoms with van der Waals surface area (Å²) in [5, 5.41) is 20.7. The highest BCUT2D eigenvalue weighted by Gasteiger charge is 2.36. The summed E-state index contributed by atoms with van der Waals surface area (Å²) >= 11 is 0. The average Bonchev–Trinajstić information content (AvgIpc) is 2.89. The Balaban J connectivity index is 2.41. The highest BCUT2D eigenvalue weighted by molar-refractivity contribution is 5.74. The Hall–Kier alpha value is -0.610. The van der Waals surface area contributed by atoms with Crippen molar-refractivity contribution in [3.8, 4) is 0 Å². The SMILES string of the molecule is CCC(CO)NC(C(=O)O)C1CC1. The summed E-state index contributed by atoms with van der Waals surface area (Å²) in [5.74, 6) is -0.521. The van der Waals surface area contributed by atoms with Crippen molar-refractivity contribution in [3.63, 3.8) is 0 Å². The second-order valence-electron chi connectivity index (χ2n) is 3.61. The maximum Gasteiger partial charge on any atom is 0.320 e. The third-order valence-corrected chi connectivity index (χ3v) is 2.49. The molecule has 4 nitrogen and oxygen atoms in total. The van der Waals surface area contributed by atoms with Gasteiger partial charge in [-0.1, -0.05) is 6.92 Å². The van der Waals surface area contributed by atoms with E-state index in [1.165, 1.54) is 0 Å². The molecule has 1 aliphatic carbocycles. The monoisotopic (exact) mass is 187 g/mol. The molecule has 0 bridgehead atoms. The second kappa shape index (κ2) is 4.58. The van der Waals surface area contributed by atoms with Crippen LogP contribution >= 0.6 is 0 Å². The number of carboxylic acids is 1. The Morgan fingerprint density at radius 1 is 1.62 bits per heavy atom. The van der Waals surface area contributed by atoms with E-state index in [1.807, 2.05) is 6.92 Å². The molecule has 1 aliphatic rings. The molecule has 0 heterocycles. The summed E-state index contributed by atoms with van der Waals surface area (Å²) in [4.78, 5) is 10.8. The van der Waals surface area contributed by atoms with Gasteiger partial charge >= 0.3 is 5.97 Å². The number of rotatable bonds is 6. The molecular weight excluding hydrogens is 170 g/mol. The summed E-state index contributed by atoms with van der Waals surface area (Å²) in [5.41, 5.74) is 0. The maximum absolute atomic E-state index is 10.8. The van der Waals surface area contributed by atoms with Crippen molar-refractivity contribution in [3.05, 3.63) is 0 Å². The number of aliphatic carboxylic acids is 1. The number of carbonyl (C=O) groups is 1. The molecule has 4 heteroatoms. The Morgan fingerprint density at radius 3 is 2.54 bits per heavy atom. The standard InChI is InChI=1S/C9H17NO3/c1-2-7(5-11)10-8(9(12)13)6-3-4-6/h6-8,10-11H,2-5H2,1H3,(H,12,13). The molecular formula is C9H17NO3. The molecule has 0 amide bonds. The van der Waals surface area contributed by atoms with Crippen LogP contribution in [-0.2, 0) is 4.79 Å². The Bertz CT molecular complexity index is 176.